The maximum absolute atomic E-state index is 6.65. The molecule has 4 heterocycles. The van der Waals surface area contributed by atoms with Crippen LogP contribution in [0.4, 0.5) is 5.95 Å². The van der Waals surface area contributed by atoms with Crippen LogP contribution in [0.1, 0.15) is 28.8 Å². The minimum atomic E-state index is -0.510. The summed E-state index contributed by atoms with van der Waals surface area (Å²) in [4.78, 5) is 8.81. The average molecular weight is 474 g/mol. The van der Waals surface area contributed by atoms with Gasteiger partial charge in [-0.3, -0.25) is 4.98 Å². The summed E-state index contributed by atoms with van der Waals surface area (Å²) in [5, 5.41) is 8.60. The summed E-state index contributed by atoms with van der Waals surface area (Å²) in [5.74, 6) is 2.70. The van der Waals surface area contributed by atoms with Crippen molar-refractivity contribution < 1.29 is 14.2 Å². The van der Waals surface area contributed by atoms with Gasteiger partial charge in [-0.2, -0.15) is 10.1 Å². The Morgan fingerprint density at radius 3 is 2.79 bits per heavy atom. The molecule has 9 heteroatoms. The second-order valence-corrected chi connectivity index (χ2v) is 8.36. The van der Waals surface area contributed by atoms with E-state index >= 15 is 0 Å². The summed E-state index contributed by atoms with van der Waals surface area (Å²) in [6.07, 6.45) is 4.60. The van der Waals surface area contributed by atoms with Gasteiger partial charge in [-0.25, -0.2) is 4.68 Å². The molecule has 1 N–H and O–H groups in total. The molecule has 170 valence electrons. The van der Waals surface area contributed by atoms with Crippen molar-refractivity contribution in [3.8, 4) is 17.2 Å². The van der Waals surface area contributed by atoms with E-state index in [9.17, 15) is 0 Å². The van der Waals surface area contributed by atoms with Crippen LogP contribution in [0, 0.1) is 0 Å². The van der Waals surface area contributed by atoms with Gasteiger partial charge in [-0.05, 0) is 48.0 Å². The molecular formula is C25H20ClN5O3. The van der Waals surface area contributed by atoms with Crippen molar-refractivity contribution >= 4 is 23.2 Å². The first-order valence-corrected chi connectivity index (χ1v) is 11.0. The molecule has 0 saturated carbocycles. The van der Waals surface area contributed by atoms with E-state index in [-0.39, 0.29) is 6.04 Å². The molecule has 34 heavy (non-hydrogen) atoms. The molecule has 0 bridgehead atoms. The lowest BCUT2D eigenvalue weighted by Crippen LogP contribution is -2.32. The largest absolute Gasteiger partial charge is 0.497 e. The average Bonchev–Trinajstić information content (AvgIpc) is 3.35. The third-order valence-electron chi connectivity index (χ3n) is 6.10. The molecule has 0 aliphatic carbocycles. The minimum absolute atomic E-state index is 0.324. The topological polar surface area (TPSA) is 83.3 Å². The molecule has 0 saturated heterocycles. The highest BCUT2D eigenvalue weighted by atomic mass is 35.5. The zero-order chi connectivity index (χ0) is 23.2. The molecule has 2 aromatic carbocycles. The SMILES string of the molecule is COc1ccc(OC)c(C2Oc3ccc(Cl)cc3C3=C2C(c2cccnc2)n2ncnc2N3)c1. The van der Waals surface area contributed by atoms with Crippen molar-refractivity contribution in [3.63, 3.8) is 0 Å². The number of pyridine rings is 1. The van der Waals surface area contributed by atoms with E-state index in [4.69, 9.17) is 25.8 Å². The minimum Gasteiger partial charge on any atom is -0.497 e. The highest BCUT2D eigenvalue weighted by molar-refractivity contribution is 6.30. The number of methoxy groups -OCH3 is 2. The number of halogens is 1. The highest BCUT2D eigenvalue weighted by Gasteiger charge is 2.42. The Morgan fingerprint density at radius 1 is 1.09 bits per heavy atom. The number of benzene rings is 2. The summed E-state index contributed by atoms with van der Waals surface area (Å²) in [6.45, 7) is 0. The number of hydrogen-bond acceptors (Lipinski definition) is 7. The van der Waals surface area contributed by atoms with Gasteiger partial charge in [0.05, 0.1) is 19.9 Å². The number of anilines is 1. The summed E-state index contributed by atoms with van der Waals surface area (Å²) in [7, 11) is 3.28. The summed E-state index contributed by atoms with van der Waals surface area (Å²) < 4.78 is 19.8. The van der Waals surface area contributed by atoms with E-state index in [1.807, 2.05) is 59.4 Å². The molecule has 0 spiro atoms. The maximum atomic E-state index is 6.65. The Bertz CT molecular complexity index is 1420. The van der Waals surface area contributed by atoms with Crippen molar-refractivity contribution in [2.75, 3.05) is 19.5 Å². The number of nitrogens with one attached hydrogen (secondary N) is 1. The Morgan fingerprint density at radius 2 is 2.00 bits per heavy atom. The van der Waals surface area contributed by atoms with Gasteiger partial charge in [0.2, 0.25) is 5.95 Å². The molecule has 2 unspecified atom stereocenters. The van der Waals surface area contributed by atoms with Crippen molar-refractivity contribution in [1.29, 1.82) is 0 Å². The van der Waals surface area contributed by atoms with Crippen molar-refractivity contribution in [2.24, 2.45) is 0 Å². The van der Waals surface area contributed by atoms with Gasteiger partial charge in [0, 0.05) is 34.1 Å². The molecule has 0 radical (unpaired) electrons. The lowest BCUT2D eigenvalue weighted by molar-refractivity contribution is 0.217. The second-order valence-electron chi connectivity index (χ2n) is 7.92. The molecule has 0 amide bonds. The third kappa shape index (κ3) is 3.18. The summed E-state index contributed by atoms with van der Waals surface area (Å²) in [5.41, 5.74) is 4.43. The van der Waals surface area contributed by atoms with Crippen LogP contribution in [-0.4, -0.2) is 34.0 Å². The molecule has 8 nitrogen and oxygen atoms in total. The van der Waals surface area contributed by atoms with E-state index in [1.54, 1.807) is 20.4 Å². The predicted octanol–water partition coefficient (Wildman–Crippen LogP) is 4.90. The molecule has 2 aliphatic heterocycles. The van der Waals surface area contributed by atoms with Gasteiger partial charge < -0.3 is 19.5 Å². The number of rotatable bonds is 4. The van der Waals surface area contributed by atoms with E-state index in [2.05, 4.69) is 20.4 Å². The molecule has 2 atom stereocenters. The normalized spacial score (nSPS) is 18.2. The predicted molar refractivity (Wildman–Crippen MR) is 127 cm³/mol. The Labute approximate surface area is 200 Å². The lowest BCUT2D eigenvalue weighted by Gasteiger charge is -2.39. The van der Waals surface area contributed by atoms with E-state index in [0.29, 0.717) is 28.2 Å². The molecule has 2 aliphatic rings. The zero-order valence-electron chi connectivity index (χ0n) is 18.4. The molecule has 4 aromatic rings. The molecule has 2 aromatic heterocycles. The van der Waals surface area contributed by atoms with Crippen LogP contribution >= 0.6 is 11.6 Å². The van der Waals surface area contributed by atoms with E-state index in [1.165, 1.54) is 6.33 Å². The van der Waals surface area contributed by atoms with Crippen molar-refractivity contribution in [3.05, 3.63) is 94.5 Å². The summed E-state index contributed by atoms with van der Waals surface area (Å²) in [6, 6.07) is 14.9. The molecule has 6 rings (SSSR count). The van der Waals surface area contributed by atoms with Crippen molar-refractivity contribution in [1.82, 2.24) is 19.7 Å². The van der Waals surface area contributed by atoms with Gasteiger partial charge in [0.1, 0.15) is 29.6 Å². The van der Waals surface area contributed by atoms with Crippen LogP contribution in [0.15, 0.2) is 72.8 Å². The van der Waals surface area contributed by atoms with Crippen LogP contribution in [-0.2, 0) is 0 Å². The monoisotopic (exact) mass is 473 g/mol. The molecular weight excluding hydrogens is 454 g/mol. The first-order valence-electron chi connectivity index (χ1n) is 10.7. The first-order chi connectivity index (χ1) is 16.7. The van der Waals surface area contributed by atoms with Crippen LogP contribution in [0.25, 0.3) is 5.70 Å². The van der Waals surface area contributed by atoms with Crippen LogP contribution in [0.2, 0.25) is 5.02 Å². The standard InChI is InChI=1S/C25H20ClN5O3/c1-32-16-6-8-19(33-2)18(11-16)24-21-22(17-10-15(26)5-7-20(17)34-24)30-25-28-13-29-31(25)23(21)14-4-3-9-27-12-14/h3-13,23-24H,1-2H3,(H,28,29,30). The van der Waals surface area contributed by atoms with Crippen LogP contribution in [0.3, 0.4) is 0 Å². The van der Waals surface area contributed by atoms with Gasteiger partial charge in [-0.15, -0.1) is 0 Å². The van der Waals surface area contributed by atoms with Gasteiger partial charge in [0.25, 0.3) is 0 Å². The number of nitrogens with zero attached hydrogens (tertiary/aromatic N) is 4. The lowest BCUT2D eigenvalue weighted by atomic mass is 9.84. The number of fused-ring (bicyclic) bond motifs is 3. The fraction of sp³-hybridized carbons (Fsp3) is 0.160. The fourth-order valence-corrected chi connectivity index (χ4v) is 4.77. The fourth-order valence-electron chi connectivity index (χ4n) is 4.60. The number of aromatic nitrogens is 4. The molecule has 0 fully saturated rings. The highest BCUT2D eigenvalue weighted by Crippen LogP contribution is 2.52. The third-order valence-corrected chi connectivity index (χ3v) is 6.33. The van der Waals surface area contributed by atoms with Gasteiger partial charge in [-0.1, -0.05) is 17.7 Å². The number of hydrogen-bond donors (Lipinski definition) is 1. The first kappa shape index (κ1) is 20.6. The zero-order valence-corrected chi connectivity index (χ0v) is 19.2. The quantitative estimate of drug-likeness (QED) is 0.451. The van der Waals surface area contributed by atoms with Gasteiger partial charge in [0.15, 0.2) is 6.10 Å². The Hall–Kier alpha value is -4.04. The number of ether oxygens (including phenoxy) is 3. The Balaban J connectivity index is 1.65. The van der Waals surface area contributed by atoms with E-state index in [0.717, 1.165) is 28.0 Å². The summed E-state index contributed by atoms with van der Waals surface area (Å²) >= 11 is 6.40. The van der Waals surface area contributed by atoms with Crippen LogP contribution < -0.4 is 19.5 Å². The van der Waals surface area contributed by atoms with Gasteiger partial charge >= 0.3 is 0 Å². The van der Waals surface area contributed by atoms with E-state index < -0.39 is 6.10 Å². The van der Waals surface area contributed by atoms with Crippen LogP contribution in [0.5, 0.6) is 17.2 Å². The Kier molecular flexibility index (Phi) is 4.88. The second kappa shape index (κ2) is 8.07. The smallest absolute Gasteiger partial charge is 0.226 e. The van der Waals surface area contributed by atoms with Crippen molar-refractivity contribution in [2.45, 2.75) is 12.1 Å². The maximum Gasteiger partial charge on any atom is 0.226 e.